The van der Waals surface area contributed by atoms with Crippen LogP contribution in [0.3, 0.4) is 0 Å². The fourth-order valence-corrected chi connectivity index (χ4v) is 3.32. The fraction of sp³-hybridized carbons (Fsp3) is 0.636. The van der Waals surface area contributed by atoms with Gasteiger partial charge in [-0.25, -0.2) is 0 Å². The van der Waals surface area contributed by atoms with Crippen molar-refractivity contribution in [3.63, 3.8) is 0 Å². The van der Waals surface area contributed by atoms with Crippen molar-refractivity contribution in [1.82, 2.24) is 15.5 Å². The smallest absolute Gasteiger partial charge is 0.254 e. The number of nitrogens with zero attached hydrogens (tertiary/aromatic N) is 2. The molecule has 30 heavy (non-hydrogen) atoms. The molecule has 168 valence electrons. The zero-order valence-electron chi connectivity index (χ0n) is 18.6. The number of ether oxygens (including phenoxy) is 3. The average Bonchev–Trinajstić information content (AvgIpc) is 2.74. The molecule has 0 saturated carbocycles. The molecule has 0 aromatic heterocycles. The highest BCUT2D eigenvalue weighted by Gasteiger charge is 2.26. The van der Waals surface area contributed by atoms with E-state index in [0.29, 0.717) is 45.0 Å². The molecule has 1 aromatic carbocycles. The van der Waals surface area contributed by atoms with Crippen molar-refractivity contribution >= 4 is 11.9 Å². The lowest BCUT2D eigenvalue weighted by Gasteiger charge is -2.35. The van der Waals surface area contributed by atoms with Crippen molar-refractivity contribution in [2.24, 2.45) is 4.99 Å². The third-order valence-corrected chi connectivity index (χ3v) is 4.78. The van der Waals surface area contributed by atoms with Crippen LogP contribution in [0.25, 0.3) is 0 Å². The molecule has 1 aliphatic rings. The van der Waals surface area contributed by atoms with Gasteiger partial charge in [-0.2, -0.15) is 0 Å². The number of aliphatic imine (C=N–C) groups is 1. The van der Waals surface area contributed by atoms with Gasteiger partial charge in [0.15, 0.2) is 5.96 Å². The predicted octanol–water partition coefficient (Wildman–Crippen LogP) is 1.65. The Bertz CT molecular complexity index is 656. The Morgan fingerprint density at radius 2 is 1.83 bits per heavy atom. The van der Waals surface area contributed by atoms with E-state index in [1.54, 1.807) is 14.2 Å². The van der Waals surface area contributed by atoms with Crippen LogP contribution < -0.4 is 10.6 Å². The molecule has 8 heteroatoms. The molecule has 2 rings (SSSR count). The first-order valence-corrected chi connectivity index (χ1v) is 10.6. The van der Waals surface area contributed by atoms with Crippen molar-refractivity contribution in [1.29, 1.82) is 0 Å². The van der Waals surface area contributed by atoms with E-state index in [0.717, 1.165) is 24.5 Å². The van der Waals surface area contributed by atoms with Gasteiger partial charge in [0.25, 0.3) is 5.91 Å². The van der Waals surface area contributed by atoms with Crippen LogP contribution in [0.4, 0.5) is 0 Å². The van der Waals surface area contributed by atoms with E-state index in [2.05, 4.69) is 15.6 Å². The third-order valence-electron chi connectivity index (χ3n) is 4.78. The van der Waals surface area contributed by atoms with Gasteiger partial charge in [-0.3, -0.25) is 9.79 Å². The average molecular weight is 421 g/mol. The largest absolute Gasteiger partial charge is 0.382 e. The highest BCUT2D eigenvalue weighted by atomic mass is 16.5. The number of morpholine rings is 1. The molecule has 1 heterocycles. The summed E-state index contributed by atoms with van der Waals surface area (Å²) in [7, 11) is 3.41. The number of methoxy groups -OCH3 is 1. The highest BCUT2D eigenvalue weighted by Crippen LogP contribution is 2.15. The van der Waals surface area contributed by atoms with Crippen LogP contribution >= 0.6 is 0 Å². The summed E-state index contributed by atoms with van der Waals surface area (Å²) in [5.74, 6) is 0.796. The molecule has 0 spiro atoms. The first-order chi connectivity index (χ1) is 14.5. The molecule has 2 atom stereocenters. The van der Waals surface area contributed by atoms with Gasteiger partial charge >= 0.3 is 0 Å². The molecule has 2 N–H and O–H groups in total. The zero-order valence-corrected chi connectivity index (χ0v) is 18.6. The second-order valence-corrected chi connectivity index (χ2v) is 7.48. The lowest BCUT2D eigenvalue weighted by molar-refractivity contribution is -0.0586. The summed E-state index contributed by atoms with van der Waals surface area (Å²) in [4.78, 5) is 18.9. The van der Waals surface area contributed by atoms with Gasteiger partial charge in [0.05, 0.1) is 25.4 Å². The van der Waals surface area contributed by atoms with E-state index in [4.69, 9.17) is 14.2 Å². The number of carbonyl (C=O) groups excluding carboxylic acids is 1. The van der Waals surface area contributed by atoms with Crippen molar-refractivity contribution < 1.29 is 19.0 Å². The highest BCUT2D eigenvalue weighted by molar-refractivity contribution is 5.94. The van der Waals surface area contributed by atoms with Gasteiger partial charge in [0, 0.05) is 52.5 Å². The molecule has 0 aliphatic carbocycles. The number of guanidine groups is 1. The Kier molecular flexibility index (Phi) is 10.6. The number of nitrogens with one attached hydrogen (secondary N) is 2. The van der Waals surface area contributed by atoms with Crippen LogP contribution in [-0.4, -0.2) is 82.6 Å². The van der Waals surface area contributed by atoms with Crippen LogP contribution in [0, 0.1) is 0 Å². The Hall–Kier alpha value is -2.16. The maximum Gasteiger partial charge on any atom is 0.254 e. The molecule has 2 unspecified atom stereocenters. The summed E-state index contributed by atoms with van der Waals surface area (Å²) in [6.07, 6.45) is 1.02. The van der Waals surface area contributed by atoms with Crippen LogP contribution in [0.15, 0.2) is 29.3 Å². The van der Waals surface area contributed by atoms with Crippen molar-refractivity contribution in [2.45, 2.75) is 39.0 Å². The van der Waals surface area contributed by atoms with E-state index in [1.807, 2.05) is 43.0 Å². The second kappa shape index (κ2) is 13.2. The summed E-state index contributed by atoms with van der Waals surface area (Å²) in [5, 5.41) is 6.55. The Morgan fingerprint density at radius 3 is 2.47 bits per heavy atom. The van der Waals surface area contributed by atoms with E-state index in [-0.39, 0.29) is 18.1 Å². The van der Waals surface area contributed by atoms with Gasteiger partial charge in [-0.05, 0) is 38.0 Å². The van der Waals surface area contributed by atoms with Crippen molar-refractivity contribution in [2.75, 3.05) is 53.6 Å². The van der Waals surface area contributed by atoms with E-state index in [1.165, 1.54) is 0 Å². The quantitative estimate of drug-likeness (QED) is 0.340. The number of amides is 1. The van der Waals surface area contributed by atoms with E-state index < -0.39 is 0 Å². The zero-order chi connectivity index (χ0) is 21.8. The minimum atomic E-state index is 0.0571. The van der Waals surface area contributed by atoms with Gasteiger partial charge in [-0.1, -0.05) is 12.1 Å². The monoisotopic (exact) mass is 420 g/mol. The molecule has 1 fully saturated rings. The number of hydrogen-bond donors (Lipinski definition) is 2. The first-order valence-electron chi connectivity index (χ1n) is 10.6. The first kappa shape index (κ1) is 24.1. The van der Waals surface area contributed by atoms with Crippen LogP contribution in [0.2, 0.25) is 0 Å². The number of hydrogen-bond acceptors (Lipinski definition) is 5. The molecule has 1 saturated heterocycles. The fourth-order valence-electron chi connectivity index (χ4n) is 3.32. The summed E-state index contributed by atoms with van der Waals surface area (Å²) >= 11 is 0. The van der Waals surface area contributed by atoms with Gasteiger partial charge in [0.1, 0.15) is 0 Å². The molecule has 1 aromatic rings. The molecular formula is C22H36N4O4. The van der Waals surface area contributed by atoms with Gasteiger partial charge in [-0.15, -0.1) is 0 Å². The number of rotatable bonds is 10. The molecule has 1 aliphatic heterocycles. The van der Waals surface area contributed by atoms with Gasteiger partial charge in [0.2, 0.25) is 0 Å². The SMILES string of the molecule is CN=C(NCCCOCCOC)NCc1ccc(C(=O)N2CC(C)OC(C)C2)cc1. The standard InChI is InChI=1S/C22H36N4O4/c1-17-15-26(16-18(2)30-17)21(27)20-8-6-19(7-9-20)14-25-22(23-3)24-10-5-11-29-13-12-28-4/h6-9,17-18H,5,10-16H2,1-4H3,(H2,23,24,25). The predicted molar refractivity (Wildman–Crippen MR) is 118 cm³/mol. The van der Waals surface area contributed by atoms with Crippen LogP contribution in [0.1, 0.15) is 36.2 Å². The molecule has 0 bridgehead atoms. The second-order valence-electron chi connectivity index (χ2n) is 7.48. The Labute approximate surface area is 180 Å². The van der Waals surface area contributed by atoms with E-state index >= 15 is 0 Å². The Morgan fingerprint density at radius 1 is 1.13 bits per heavy atom. The summed E-state index contributed by atoms with van der Waals surface area (Å²) in [6, 6.07) is 7.73. The summed E-state index contributed by atoms with van der Waals surface area (Å²) in [5.41, 5.74) is 1.79. The summed E-state index contributed by atoms with van der Waals surface area (Å²) in [6.45, 7) is 8.58. The van der Waals surface area contributed by atoms with Crippen molar-refractivity contribution in [3.8, 4) is 0 Å². The molecular weight excluding hydrogens is 384 g/mol. The van der Waals surface area contributed by atoms with Crippen LogP contribution in [0.5, 0.6) is 0 Å². The Balaban J connectivity index is 1.73. The minimum absolute atomic E-state index is 0.0571. The lowest BCUT2D eigenvalue weighted by atomic mass is 10.1. The molecule has 1 amide bonds. The maximum atomic E-state index is 12.8. The lowest BCUT2D eigenvalue weighted by Crippen LogP contribution is -2.48. The normalized spacial score (nSPS) is 19.6. The number of benzene rings is 1. The van der Waals surface area contributed by atoms with Crippen molar-refractivity contribution in [3.05, 3.63) is 35.4 Å². The molecule has 0 radical (unpaired) electrons. The van der Waals surface area contributed by atoms with Crippen LogP contribution in [-0.2, 0) is 20.8 Å². The molecule has 8 nitrogen and oxygen atoms in total. The summed E-state index contributed by atoms with van der Waals surface area (Å²) < 4.78 is 16.1. The minimum Gasteiger partial charge on any atom is -0.382 e. The number of carbonyl (C=O) groups is 1. The maximum absolute atomic E-state index is 12.8. The third kappa shape index (κ3) is 8.30. The van der Waals surface area contributed by atoms with E-state index in [9.17, 15) is 4.79 Å². The van der Waals surface area contributed by atoms with Gasteiger partial charge < -0.3 is 29.7 Å². The topological polar surface area (TPSA) is 84.4 Å².